The zero-order chi connectivity index (χ0) is 10.7. The van der Waals surface area contributed by atoms with Crippen molar-refractivity contribution in [2.45, 2.75) is 25.8 Å². The molecular weight excluding hydrogens is 225 g/mol. The monoisotopic (exact) mass is 241 g/mol. The van der Waals surface area contributed by atoms with Gasteiger partial charge < -0.3 is 10.0 Å². The Morgan fingerprint density at radius 3 is 2.67 bits per heavy atom. The third kappa shape index (κ3) is 3.66. The molecule has 2 atom stereocenters. The number of carboxylic acid groups (broad SMARTS) is 1. The predicted molar refractivity (Wildman–Crippen MR) is 62.5 cm³/mol. The first-order chi connectivity index (χ1) is 6.57. The van der Waals surface area contributed by atoms with Gasteiger partial charge in [-0.2, -0.15) is 12.6 Å². The fraction of sp³-hybridized carbons (Fsp3) is 0.778. The second-order valence-corrected chi connectivity index (χ2v) is 3.98. The molecule has 1 heterocycles. The van der Waals surface area contributed by atoms with Crippen LogP contribution in [0.3, 0.4) is 0 Å². The maximum atomic E-state index is 11.7. The van der Waals surface area contributed by atoms with Crippen LogP contribution in [0.5, 0.6) is 0 Å². The Labute approximate surface area is 117 Å². The molecule has 1 amide bonds. The first-order valence-corrected chi connectivity index (χ1v) is 5.35. The van der Waals surface area contributed by atoms with E-state index in [0.29, 0.717) is 18.7 Å². The van der Waals surface area contributed by atoms with Crippen LogP contribution in [0.1, 0.15) is 19.8 Å². The van der Waals surface area contributed by atoms with Gasteiger partial charge >= 0.3 is 35.5 Å². The number of carboxylic acids is 1. The summed E-state index contributed by atoms with van der Waals surface area (Å²) in [5.74, 6) is -0.729. The van der Waals surface area contributed by atoms with E-state index >= 15 is 0 Å². The van der Waals surface area contributed by atoms with Gasteiger partial charge in [0.15, 0.2) is 0 Å². The van der Waals surface area contributed by atoms with Crippen LogP contribution in [0.4, 0.5) is 0 Å². The van der Waals surface area contributed by atoms with Crippen molar-refractivity contribution >= 4 is 54.1 Å². The van der Waals surface area contributed by atoms with Gasteiger partial charge in [-0.15, -0.1) is 0 Å². The van der Waals surface area contributed by atoms with Crippen LogP contribution >= 0.6 is 12.6 Å². The van der Waals surface area contributed by atoms with Crippen molar-refractivity contribution in [3.8, 4) is 0 Å². The van der Waals surface area contributed by atoms with E-state index in [4.69, 9.17) is 5.11 Å². The summed E-state index contributed by atoms with van der Waals surface area (Å²) in [6.45, 7) is 2.33. The summed E-state index contributed by atoms with van der Waals surface area (Å²) in [6.07, 6.45) is 1.35. The topological polar surface area (TPSA) is 57.6 Å². The van der Waals surface area contributed by atoms with Crippen LogP contribution in [0.2, 0.25) is 0 Å². The predicted octanol–water partition coefficient (Wildman–Crippen LogP) is -0.0206. The molecule has 1 rings (SSSR count). The van der Waals surface area contributed by atoms with E-state index in [1.54, 1.807) is 6.92 Å². The number of carbonyl (C=O) groups is 2. The maximum absolute atomic E-state index is 11.7. The second kappa shape index (κ2) is 6.78. The van der Waals surface area contributed by atoms with Crippen molar-refractivity contribution in [2.24, 2.45) is 5.92 Å². The first kappa shape index (κ1) is 15.3. The fourth-order valence-electron chi connectivity index (χ4n) is 1.65. The number of hydrogen-bond donors (Lipinski definition) is 2. The zero-order valence-electron chi connectivity index (χ0n) is 8.14. The third-order valence-corrected chi connectivity index (χ3v) is 3.06. The summed E-state index contributed by atoms with van der Waals surface area (Å²) in [7, 11) is 0. The number of thiol groups is 1. The quantitative estimate of drug-likeness (QED) is 0.539. The first-order valence-electron chi connectivity index (χ1n) is 4.72. The number of likely N-dealkylation sites (tertiary alicyclic amines) is 1. The third-order valence-electron chi connectivity index (χ3n) is 2.52. The SMILES string of the molecule is CC(CS)C(=O)N1CCC[C@H]1C(=O)O.[NaH]. The Morgan fingerprint density at radius 1 is 1.60 bits per heavy atom. The van der Waals surface area contributed by atoms with Crippen molar-refractivity contribution < 1.29 is 14.7 Å². The van der Waals surface area contributed by atoms with Crippen molar-refractivity contribution in [3.05, 3.63) is 0 Å². The molecule has 4 nitrogen and oxygen atoms in total. The molecule has 1 aliphatic heterocycles. The van der Waals surface area contributed by atoms with Crippen LogP contribution in [0, 0.1) is 5.92 Å². The van der Waals surface area contributed by atoms with Gasteiger partial charge in [-0.3, -0.25) is 4.79 Å². The molecule has 6 heteroatoms. The number of carbonyl (C=O) groups excluding carboxylic acids is 1. The van der Waals surface area contributed by atoms with Gasteiger partial charge in [0.25, 0.3) is 0 Å². The zero-order valence-corrected chi connectivity index (χ0v) is 9.04. The van der Waals surface area contributed by atoms with E-state index in [1.165, 1.54) is 4.90 Å². The van der Waals surface area contributed by atoms with E-state index in [-0.39, 0.29) is 41.4 Å². The van der Waals surface area contributed by atoms with E-state index < -0.39 is 12.0 Å². The summed E-state index contributed by atoms with van der Waals surface area (Å²) in [4.78, 5) is 24.0. The van der Waals surface area contributed by atoms with Crippen molar-refractivity contribution in [1.82, 2.24) is 4.90 Å². The molecule has 0 aromatic carbocycles. The molecule has 0 aromatic rings. The average molecular weight is 241 g/mol. The number of aliphatic carboxylic acids is 1. The molecule has 1 saturated heterocycles. The summed E-state index contributed by atoms with van der Waals surface area (Å²) in [5.41, 5.74) is 0. The minimum atomic E-state index is -0.901. The molecule has 1 unspecified atom stereocenters. The Kier molecular flexibility index (Phi) is 6.91. The Hall–Kier alpha value is 0.290. The molecular formula is C9H16NNaO3S. The summed E-state index contributed by atoms with van der Waals surface area (Å²) < 4.78 is 0. The Balaban J connectivity index is 0.00000196. The van der Waals surface area contributed by atoms with Gasteiger partial charge in [0, 0.05) is 18.2 Å². The van der Waals surface area contributed by atoms with E-state index in [2.05, 4.69) is 12.6 Å². The van der Waals surface area contributed by atoms with Crippen molar-refractivity contribution in [3.63, 3.8) is 0 Å². The molecule has 0 radical (unpaired) electrons. The molecule has 15 heavy (non-hydrogen) atoms. The van der Waals surface area contributed by atoms with Crippen LogP contribution < -0.4 is 0 Å². The average Bonchev–Trinajstić information content (AvgIpc) is 2.63. The minimum absolute atomic E-state index is 0. The Morgan fingerprint density at radius 2 is 2.20 bits per heavy atom. The standard InChI is InChI=1S/C9H15NO3S.Na.H/c1-6(5-14)8(11)10-4-2-3-7(10)9(12)13;;/h6-7,14H,2-5H2,1H3,(H,12,13);;/t6?,7-;;/m0../s1. The summed E-state index contributed by atoms with van der Waals surface area (Å²) in [6, 6.07) is -0.621. The summed E-state index contributed by atoms with van der Waals surface area (Å²) in [5, 5.41) is 8.87. The van der Waals surface area contributed by atoms with Gasteiger partial charge in [-0.1, -0.05) is 6.92 Å². The second-order valence-electron chi connectivity index (χ2n) is 3.61. The van der Waals surface area contributed by atoms with E-state index in [9.17, 15) is 9.59 Å². The van der Waals surface area contributed by atoms with Gasteiger partial charge in [0.2, 0.25) is 5.91 Å². The van der Waals surface area contributed by atoms with Gasteiger partial charge in [-0.05, 0) is 12.8 Å². The molecule has 1 N–H and O–H groups in total. The van der Waals surface area contributed by atoms with Crippen LogP contribution in [0.25, 0.3) is 0 Å². The molecule has 82 valence electrons. The van der Waals surface area contributed by atoms with Gasteiger partial charge in [0.1, 0.15) is 6.04 Å². The molecule has 1 fully saturated rings. The van der Waals surface area contributed by atoms with Crippen LogP contribution in [-0.4, -0.2) is 69.8 Å². The van der Waals surface area contributed by atoms with E-state index in [1.807, 2.05) is 0 Å². The number of nitrogens with zero attached hydrogens (tertiary/aromatic N) is 1. The van der Waals surface area contributed by atoms with Gasteiger partial charge in [-0.25, -0.2) is 4.79 Å². The van der Waals surface area contributed by atoms with Crippen molar-refractivity contribution in [2.75, 3.05) is 12.3 Å². The molecule has 0 aliphatic carbocycles. The van der Waals surface area contributed by atoms with Gasteiger partial charge in [0.05, 0.1) is 0 Å². The Bertz CT molecular complexity index is 250. The summed E-state index contributed by atoms with van der Waals surface area (Å²) >= 11 is 4.03. The molecule has 0 spiro atoms. The number of amides is 1. The normalized spacial score (nSPS) is 22.0. The van der Waals surface area contributed by atoms with Crippen LogP contribution in [0.15, 0.2) is 0 Å². The number of rotatable bonds is 3. The molecule has 0 aromatic heterocycles. The molecule has 0 bridgehead atoms. The number of hydrogen-bond acceptors (Lipinski definition) is 3. The molecule has 0 saturated carbocycles. The fourth-order valence-corrected chi connectivity index (χ4v) is 1.80. The van der Waals surface area contributed by atoms with E-state index in [0.717, 1.165) is 6.42 Å². The van der Waals surface area contributed by atoms with Crippen LogP contribution in [-0.2, 0) is 9.59 Å². The molecule has 1 aliphatic rings. The van der Waals surface area contributed by atoms with Crippen molar-refractivity contribution in [1.29, 1.82) is 0 Å².